The Bertz CT molecular complexity index is 330. The Morgan fingerprint density at radius 1 is 1.25 bits per heavy atom. The molecule has 90 valence electrons. The van der Waals surface area contributed by atoms with Crippen LogP contribution in [-0.4, -0.2) is 11.7 Å². The minimum absolute atomic E-state index is 0.223. The first-order chi connectivity index (χ1) is 7.42. The van der Waals surface area contributed by atoms with Crippen LogP contribution in [0.25, 0.3) is 0 Å². The van der Waals surface area contributed by atoms with Gasteiger partial charge in [-0.2, -0.15) is 0 Å². The van der Waals surface area contributed by atoms with E-state index in [0.717, 1.165) is 11.8 Å². The first-order valence-electron chi connectivity index (χ1n) is 6.78. The third-order valence-electron chi connectivity index (χ3n) is 5.47. The Morgan fingerprint density at radius 2 is 2.00 bits per heavy atom. The van der Waals surface area contributed by atoms with Crippen LogP contribution in [-0.2, 0) is 4.74 Å². The molecule has 0 spiro atoms. The molecule has 3 rings (SSSR count). The first-order valence-corrected chi connectivity index (χ1v) is 6.78. The second-order valence-electron chi connectivity index (χ2n) is 7.06. The third kappa shape index (κ3) is 1.48. The van der Waals surface area contributed by atoms with Crippen LogP contribution in [0.2, 0.25) is 0 Å². The maximum absolute atomic E-state index is 5.86. The molecule has 1 saturated heterocycles. The normalized spacial score (nSPS) is 50.2. The summed E-state index contributed by atoms with van der Waals surface area (Å²) in [6.07, 6.45) is 6.89. The molecular weight excluding hydrogens is 196 g/mol. The SMILES string of the molecule is C=C1CCC2O[C@@]2(C)CC[C@H]2[C@H]1CC2(C)C. The molecule has 16 heavy (non-hydrogen) atoms. The van der Waals surface area contributed by atoms with Crippen molar-refractivity contribution >= 4 is 0 Å². The van der Waals surface area contributed by atoms with Crippen molar-refractivity contribution in [2.45, 2.75) is 64.6 Å². The minimum atomic E-state index is 0.223. The first kappa shape index (κ1) is 10.8. The summed E-state index contributed by atoms with van der Waals surface area (Å²) in [5.74, 6) is 1.68. The molecule has 2 aliphatic carbocycles. The highest BCUT2D eigenvalue weighted by atomic mass is 16.6. The Morgan fingerprint density at radius 3 is 2.69 bits per heavy atom. The van der Waals surface area contributed by atoms with Gasteiger partial charge in [0.15, 0.2) is 0 Å². The van der Waals surface area contributed by atoms with Crippen LogP contribution in [0.4, 0.5) is 0 Å². The van der Waals surface area contributed by atoms with Crippen LogP contribution < -0.4 is 0 Å². The Balaban J connectivity index is 1.78. The molecule has 0 amide bonds. The van der Waals surface area contributed by atoms with E-state index in [2.05, 4.69) is 27.4 Å². The number of allylic oxidation sites excluding steroid dienone is 1. The fraction of sp³-hybridized carbons (Fsp3) is 0.867. The topological polar surface area (TPSA) is 12.5 Å². The Hall–Kier alpha value is -0.300. The predicted octanol–water partition coefficient (Wildman–Crippen LogP) is 3.94. The number of epoxide rings is 1. The van der Waals surface area contributed by atoms with E-state index in [9.17, 15) is 0 Å². The fourth-order valence-corrected chi connectivity index (χ4v) is 4.08. The van der Waals surface area contributed by atoms with E-state index < -0.39 is 0 Å². The van der Waals surface area contributed by atoms with Crippen molar-refractivity contribution in [1.82, 2.24) is 0 Å². The Labute approximate surface area is 99.3 Å². The number of hydrogen-bond acceptors (Lipinski definition) is 1. The van der Waals surface area contributed by atoms with E-state index in [4.69, 9.17) is 4.74 Å². The monoisotopic (exact) mass is 220 g/mol. The number of hydrogen-bond donors (Lipinski definition) is 0. The molecule has 0 aromatic carbocycles. The Kier molecular flexibility index (Phi) is 2.12. The fourth-order valence-electron chi connectivity index (χ4n) is 4.08. The van der Waals surface area contributed by atoms with Crippen LogP contribution in [0.3, 0.4) is 0 Å². The summed E-state index contributed by atoms with van der Waals surface area (Å²) in [4.78, 5) is 0. The van der Waals surface area contributed by atoms with E-state index in [-0.39, 0.29) is 5.60 Å². The molecule has 1 heterocycles. The average molecular weight is 220 g/mol. The highest BCUT2D eigenvalue weighted by Gasteiger charge is 2.55. The van der Waals surface area contributed by atoms with Crippen LogP contribution in [0.1, 0.15) is 52.9 Å². The van der Waals surface area contributed by atoms with Gasteiger partial charge >= 0.3 is 0 Å². The molecule has 0 radical (unpaired) electrons. The molecule has 4 atom stereocenters. The zero-order chi connectivity index (χ0) is 11.6. The molecule has 3 aliphatic rings. The summed E-state index contributed by atoms with van der Waals surface area (Å²) in [6, 6.07) is 0. The van der Waals surface area contributed by atoms with Crippen LogP contribution in [0.15, 0.2) is 12.2 Å². The van der Waals surface area contributed by atoms with Crippen LogP contribution >= 0.6 is 0 Å². The molecule has 0 N–H and O–H groups in total. The van der Waals surface area contributed by atoms with Gasteiger partial charge in [0.05, 0.1) is 11.7 Å². The number of fused-ring (bicyclic) bond motifs is 2. The van der Waals surface area contributed by atoms with Gasteiger partial charge in [-0.15, -0.1) is 0 Å². The largest absolute Gasteiger partial charge is 0.366 e. The molecule has 1 nitrogen and oxygen atoms in total. The van der Waals surface area contributed by atoms with Gasteiger partial charge in [-0.25, -0.2) is 0 Å². The molecule has 0 aromatic rings. The van der Waals surface area contributed by atoms with Crippen molar-refractivity contribution in [1.29, 1.82) is 0 Å². The summed E-state index contributed by atoms with van der Waals surface area (Å²) < 4.78 is 5.86. The van der Waals surface area contributed by atoms with Crippen molar-refractivity contribution in [3.05, 3.63) is 12.2 Å². The summed E-state index contributed by atoms with van der Waals surface area (Å²) in [5, 5.41) is 0. The van der Waals surface area contributed by atoms with Gasteiger partial charge < -0.3 is 4.74 Å². The molecule has 1 unspecified atom stereocenters. The van der Waals surface area contributed by atoms with E-state index >= 15 is 0 Å². The molecule has 0 bridgehead atoms. The van der Waals surface area contributed by atoms with Crippen molar-refractivity contribution in [2.75, 3.05) is 0 Å². The summed E-state index contributed by atoms with van der Waals surface area (Å²) >= 11 is 0. The summed E-state index contributed by atoms with van der Waals surface area (Å²) in [7, 11) is 0. The average Bonchev–Trinajstić information content (AvgIpc) is 2.82. The molecule has 0 aromatic heterocycles. The van der Waals surface area contributed by atoms with Crippen molar-refractivity contribution in [3.8, 4) is 0 Å². The lowest BCUT2D eigenvalue weighted by Crippen LogP contribution is -2.44. The van der Waals surface area contributed by atoms with Crippen molar-refractivity contribution in [2.24, 2.45) is 17.3 Å². The molecular formula is C15H24O. The molecule has 1 heteroatoms. The highest BCUT2D eigenvalue weighted by molar-refractivity contribution is 5.16. The van der Waals surface area contributed by atoms with Gasteiger partial charge in [0.2, 0.25) is 0 Å². The van der Waals surface area contributed by atoms with E-state index in [0.29, 0.717) is 11.5 Å². The van der Waals surface area contributed by atoms with Crippen LogP contribution in [0.5, 0.6) is 0 Å². The van der Waals surface area contributed by atoms with Gasteiger partial charge in [0.25, 0.3) is 0 Å². The zero-order valence-corrected chi connectivity index (χ0v) is 10.9. The smallest absolute Gasteiger partial charge is 0.0920 e. The highest BCUT2D eigenvalue weighted by Crippen LogP contribution is 2.59. The second kappa shape index (κ2) is 3.13. The lowest BCUT2D eigenvalue weighted by molar-refractivity contribution is -0.00211. The van der Waals surface area contributed by atoms with E-state index in [1.54, 1.807) is 0 Å². The summed E-state index contributed by atoms with van der Waals surface area (Å²) in [5.41, 5.74) is 2.27. The quantitative estimate of drug-likeness (QED) is 0.445. The maximum atomic E-state index is 5.86. The second-order valence-corrected chi connectivity index (χ2v) is 7.06. The minimum Gasteiger partial charge on any atom is -0.366 e. The van der Waals surface area contributed by atoms with Crippen molar-refractivity contribution in [3.63, 3.8) is 0 Å². The molecule has 1 aliphatic heterocycles. The van der Waals surface area contributed by atoms with E-state index in [1.807, 2.05) is 0 Å². The number of rotatable bonds is 0. The standard InChI is InChI=1S/C15H24O/c1-10-5-6-13-15(4,16-13)8-7-12-11(10)9-14(12,2)3/h11-13H,1,5-9H2,2-4H3/t11-,12-,13?,15-/m0/s1. The number of ether oxygens (including phenoxy) is 1. The lowest BCUT2D eigenvalue weighted by atomic mass is 9.52. The van der Waals surface area contributed by atoms with Gasteiger partial charge in [0.1, 0.15) is 0 Å². The van der Waals surface area contributed by atoms with Gasteiger partial charge in [-0.1, -0.05) is 26.0 Å². The molecule has 3 fully saturated rings. The lowest BCUT2D eigenvalue weighted by Gasteiger charge is -2.53. The summed E-state index contributed by atoms with van der Waals surface area (Å²) in [6.45, 7) is 11.5. The maximum Gasteiger partial charge on any atom is 0.0920 e. The molecule has 2 saturated carbocycles. The zero-order valence-electron chi connectivity index (χ0n) is 10.9. The van der Waals surface area contributed by atoms with Gasteiger partial charge in [-0.05, 0) is 56.3 Å². The van der Waals surface area contributed by atoms with Crippen LogP contribution in [0, 0.1) is 17.3 Å². The van der Waals surface area contributed by atoms with E-state index in [1.165, 1.54) is 37.7 Å². The van der Waals surface area contributed by atoms with Crippen molar-refractivity contribution < 1.29 is 4.74 Å². The third-order valence-corrected chi connectivity index (χ3v) is 5.47. The van der Waals surface area contributed by atoms with Gasteiger partial charge in [-0.3, -0.25) is 0 Å². The predicted molar refractivity (Wildman–Crippen MR) is 66.3 cm³/mol. The van der Waals surface area contributed by atoms with Gasteiger partial charge in [0, 0.05) is 0 Å².